The number of hydrogen-bond acceptors (Lipinski definition) is 2. The summed E-state index contributed by atoms with van der Waals surface area (Å²) in [5, 5.41) is 0.768. The van der Waals surface area contributed by atoms with Gasteiger partial charge in [-0.3, -0.25) is 0 Å². The maximum absolute atomic E-state index is 5.67. The Morgan fingerprint density at radius 3 is 2.29 bits per heavy atom. The van der Waals surface area contributed by atoms with Gasteiger partial charge in [0.1, 0.15) is 6.61 Å². The summed E-state index contributed by atoms with van der Waals surface area (Å²) in [5.74, 6) is 0.962. The van der Waals surface area contributed by atoms with Crippen molar-refractivity contribution in [2.75, 3.05) is 0 Å². The fraction of sp³-hybridized carbons (Fsp3) is 0.682. The molecule has 24 heavy (non-hydrogen) atoms. The SMILES string of the molecule is CCCCC(CC)CCCCCCCC(=S)OCc1ccccc1. The molecule has 1 unspecified atom stereocenters. The van der Waals surface area contributed by atoms with Crippen molar-refractivity contribution in [1.29, 1.82) is 0 Å². The van der Waals surface area contributed by atoms with E-state index in [2.05, 4.69) is 26.0 Å². The first-order valence-corrected chi connectivity index (χ1v) is 10.4. The Balaban J connectivity index is 1.95. The topological polar surface area (TPSA) is 9.23 Å². The van der Waals surface area contributed by atoms with Crippen LogP contribution in [0.4, 0.5) is 0 Å². The Labute approximate surface area is 155 Å². The Bertz CT molecular complexity index is 415. The number of benzene rings is 1. The van der Waals surface area contributed by atoms with Gasteiger partial charge in [-0.2, -0.15) is 0 Å². The molecule has 1 aromatic carbocycles. The highest BCUT2D eigenvalue weighted by Crippen LogP contribution is 2.20. The molecule has 0 heterocycles. The predicted molar refractivity (Wildman–Crippen MR) is 109 cm³/mol. The zero-order valence-electron chi connectivity index (χ0n) is 15.8. The fourth-order valence-electron chi connectivity index (χ4n) is 3.09. The van der Waals surface area contributed by atoms with Crippen molar-refractivity contribution in [2.45, 2.75) is 91.1 Å². The molecule has 136 valence electrons. The van der Waals surface area contributed by atoms with E-state index in [0.29, 0.717) is 6.61 Å². The van der Waals surface area contributed by atoms with E-state index in [1.807, 2.05) is 18.2 Å². The Kier molecular flexibility index (Phi) is 12.7. The third kappa shape index (κ3) is 10.8. The zero-order chi connectivity index (χ0) is 17.5. The third-order valence-electron chi connectivity index (χ3n) is 4.78. The molecule has 0 spiro atoms. The molecule has 0 bridgehead atoms. The molecule has 1 rings (SSSR count). The molecule has 1 nitrogen and oxygen atoms in total. The van der Waals surface area contributed by atoms with E-state index < -0.39 is 0 Å². The molecule has 0 aromatic heterocycles. The second-order valence-electron chi connectivity index (χ2n) is 6.87. The van der Waals surface area contributed by atoms with Gasteiger partial charge in [-0.15, -0.1) is 0 Å². The van der Waals surface area contributed by atoms with Crippen molar-refractivity contribution in [3.8, 4) is 0 Å². The van der Waals surface area contributed by atoms with Gasteiger partial charge in [0.15, 0.2) is 5.05 Å². The number of rotatable bonds is 14. The van der Waals surface area contributed by atoms with Crippen LogP contribution in [0.5, 0.6) is 0 Å². The largest absolute Gasteiger partial charge is 0.482 e. The van der Waals surface area contributed by atoms with Gasteiger partial charge in [-0.05, 0) is 30.1 Å². The quantitative estimate of drug-likeness (QED) is 0.254. The van der Waals surface area contributed by atoms with Gasteiger partial charge in [0.2, 0.25) is 0 Å². The van der Waals surface area contributed by atoms with E-state index in [4.69, 9.17) is 17.0 Å². The van der Waals surface area contributed by atoms with Gasteiger partial charge in [0.25, 0.3) is 0 Å². The minimum atomic E-state index is 0.607. The summed E-state index contributed by atoms with van der Waals surface area (Å²) in [5.41, 5.74) is 1.19. The van der Waals surface area contributed by atoms with Crippen LogP contribution in [0.3, 0.4) is 0 Å². The maximum atomic E-state index is 5.67. The van der Waals surface area contributed by atoms with E-state index in [1.165, 1.54) is 69.8 Å². The summed E-state index contributed by atoms with van der Waals surface area (Å²) in [6.45, 7) is 5.24. The van der Waals surface area contributed by atoms with E-state index in [1.54, 1.807) is 0 Å². The van der Waals surface area contributed by atoms with Crippen LogP contribution < -0.4 is 0 Å². The first-order chi connectivity index (χ1) is 11.8. The lowest BCUT2D eigenvalue weighted by Crippen LogP contribution is -2.02. The van der Waals surface area contributed by atoms with Gasteiger partial charge in [-0.25, -0.2) is 0 Å². The smallest absolute Gasteiger partial charge is 0.160 e. The maximum Gasteiger partial charge on any atom is 0.160 e. The molecule has 0 amide bonds. The Morgan fingerprint density at radius 1 is 0.917 bits per heavy atom. The predicted octanol–water partition coefficient (Wildman–Crippen LogP) is 7.48. The summed E-state index contributed by atoms with van der Waals surface area (Å²) in [6.07, 6.45) is 14.4. The molecular weight excluding hydrogens is 312 g/mol. The molecule has 0 fully saturated rings. The Hall–Kier alpha value is -0.890. The molecular formula is C22H36OS. The van der Waals surface area contributed by atoms with Crippen molar-refractivity contribution in [2.24, 2.45) is 5.92 Å². The highest BCUT2D eigenvalue weighted by atomic mass is 32.1. The fourth-order valence-corrected chi connectivity index (χ4v) is 3.29. The minimum Gasteiger partial charge on any atom is -0.482 e. The molecule has 1 atom stereocenters. The van der Waals surface area contributed by atoms with E-state index in [9.17, 15) is 0 Å². The molecule has 0 aliphatic heterocycles. The van der Waals surface area contributed by atoms with E-state index >= 15 is 0 Å². The number of unbranched alkanes of at least 4 members (excludes halogenated alkanes) is 5. The molecule has 0 N–H and O–H groups in total. The van der Waals surface area contributed by atoms with Crippen molar-refractivity contribution in [1.82, 2.24) is 0 Å². The van der Waals surface area contributed by atoms with E-state index in [0.717, 1.165) is 17.4 Å². The first-order valence-electron chi connectivity index (χ1n) is 9.95. The lowest BCUT2D eigenvalue weighted by molar-refractivity contribution is 0.291. The standard InChI is InChI=1S/C22H36OS/c1-3-5-14-20(4-2)15-10-7-6-8-13-18-22(24)23-19-21-16-11-9-12-17-21/h9,11-12,16-17,20H,3-8,10,13-15,18-19H2,1-2H3. The monoisotopic (exact) mass is 348 g/mol. The molecule has 0 aliphatic carbocycles. The summed E-state index contributed by atoms with van der Waals surface area (Å²) in [6, 6.07) is 10.2. The molecule has 0 saturated carbocycles. The van der Waals surface area contributed by atoms with Crippen molar-refractivity contribution < 1.29 is 4.74 Å². The summed E-state index contributed by atoms with van der Waals surface area (Å²) < 4.78 is 5.67. The van der Waals surface area contributed by atoms with Crippen LogP contribution >= 0.6 is 12.2 Å². The van der Waals surface area contributed by atoms with Crippen molar-refractivity contribution >= 4 is 17.3 Å². The highest BCUT2D eigenvalue weighted by Gasteiger charge is 2.05. The van der Waals surface area contributed by atoms with E-state index in [-0.39, 0.29) is 0 Å². The third-order valence-corrected chi connectivity index (χ3v) is 5.10. The first kappa shape index (κ1) is 21.2. The van der Waals surface area contributed by atoms with Crippen LogP contribution in [-0.2, 0) is 11.3 Å². The van der Waals surface area contributed by atoms with Gasteiger partial charge < -0.3 is 4.74 Å². The van der Waals surface area contributed by atoms with Gasteiger partial charge in [0.05, 0.1) is 0 Å². The van der Waals surface area contributed by atoms with Crippen LogP contribution in [0, 0.1) is 5.92 Å². The highest BCUT2D eigenvalue weighted by molar-refractivity contribution is 7.80. The average Bonchev–Trinajstić information content (AvgIpc) is 2.62. The molecule has 0 radical (unpaired) electrons. The number of hydrogen-bond donors (Lipinski definition) is 0. The van der Waals surface area contributed by atoms with Crippen LogP contribution in [0.15, 0.2) is 30.3 Å². The molecule has 0 aliphatic rings. The number of thiocarbonyl (C=S) groups is 1. The van der Waals surface area contributed by atoms with Crippen molar-refractivity contribution in [3.63, 3.8) is 0 Å². The normalized spacial score (nSPS) is 12.1. The molecule has 0 saturated heterocycles. The van der Waals surface area contributed by atoms with Gasteiger partial charge >= 0.3 is 0 Å². The lowest BCUT2D eigenvalue weighted by atomic mass is 9.93. The summed E-state index contributed by atoms with van der Waals surface area (Å²) >= 11 is 5.32. The molecule has 2 heteroatoms. The average molecular weight is 349 g/mol. The van der Waals surface area contributed by atoms with Gasteiger partial charge in [0, 0.05) is 6.42 Å². The van der Waals surface area contributed by atoms with Crippen LogP contribution in [-0.4, -0.2) is 5.05 Å². The van der Waals surface area contributed by atoms with Crippen LogP contribution in [0.1, 0.15) is 90.0 Å². The second-order valence-corrected chi connectivity index (χ2v) is 7.32. The second kappa shape index (κ2) is 14.5. The van der Waals surface area contributed by atoms with Gasteiger partial charge in [-0.1, -0.05) is 102 Å². The minimum absolute atomic E-state index is 0.607. The lowest BCUT2D eigenvalue weighted by Gasteiger charge is -2.13. The molecule has 1 aromatic rings. The zero-order valence-corrected chi connectivity index (χ0v) is 16.6. The summed E-state index contributed by atoms with van der Waals surface area (Å²) in [7, 11) is 0. The summed E-state index contributed by atoms with van der Waals surface area (Å²) in [4.78, 5) is 0. The van der Waals surface area contributed by atoms with Crippen molar-refractivity contribution in [3.05, 3.63) is 35.9 Å². The van der Waals surface area contributed by atoms with Crippen LogP contribution in [0.2, 0.25) is 0 Å². The Morgan fingerprint density at radius 2 is 1.58 bits per heavy atom. The van der Waals surface area contributed by atoms with Crippen LogP contribution in [0.25, 0.3) is 0 Å². The number of ether oxygens (including phenoxy) is 1.